The van der Waals surface area contributed by atoms with Gasteiger partial charge >= 0.3 is 0 Å². The highest BCUT2D eigenvalue weighted by Crippen LogP contribution is 2.29. The molecule has 160 valence electrons. The number of hydrogen-bond acceptors (Lipinski definition) is 5. The van der Waals surface area contributed by atoms with Gasteiger partial charge in [0.2, 0.25) is 0 Å². The molecule has 2 aromatic carbocycles. The van der Waals surface area contributed by atoms with E-state index in [1.165, 1.54) is 0 Å². The molecular weight excluding hydrogens is 390 g/mol. The van der Waals surface area contributed by atoms with Crippen molar-refractivity contribution in [3.8, 4) is 5.75 Å². The molecule has 4 rings (SSSR count). The number of nitrogens with one attached hydrogen (secondary N) is 1. The summed E-state index contributed by atoms with van der Waals surface area (Å²) in [4.78, 5) is 22.6. The number of benzene rings is 2. The normalized spacial score (nSPS) is 11.4. The summed E-state index contributed by atoms with van der Waals surface area (Å²) in [6, 6.07) is 15.4. The molecule has 1 amide bonds. The average Bonchev–Trinajstić information content (AvgIpc) is 3.03. The summed E-state index contributed by atoms with van der Waals surface area (Å²) in [7, 11) is 1.64. The maximum Gasteiger partial charge on any atom is 0.257 e. The summed E-state index contributed by atoms with van der Waals surface area (Å²) >= 11 is 0. The first-order valence-corrected chi connectivity index (χ1v) is 10.4. The molecule has 3 N–H and O–H groups in total. The molecule has 4 aromatic rings. The van der Waals surface area contributed by atoms with Crippen molar-refractivity contribution in [1.29, 1.82) is 0 Å². The van der Waals surface area contributed by atoms with Crippen molar-refractivity contribution in [2.75, 3.05) is 19.4 Å². The maximum absolute atomic E-state index is 13.1. The first kappa shape index (κ1) is 20.7. The van der Waals surface area contributed by atoms with Gasteiger partial charge in [0.15, 0.2) is 5.65 Å². The number of para-hydroxylation sites is 2. The zero-order chi connectivity index (χ0) is 22.0. The average molecular weight is 418 g/mol. The van der Waals surface area contributed by atoms with E-state index in [4.69, 9.17) is 20.4 Å². The van der Waals surface area contributed by atoms with Gasteiger partial charge in [-0.2, -0.15) is 0 Å². The van der Waals surface area contributed by atoms with E-state index in [-0.39, 0.29) is 5.91 Å². The lowest BCUT2D eigenvalue weighted by molar-refractivity contribution is 0.0954. The first-order valence-electron chi connectivity index (χ1n) is 10.4. The Hall–Kier alpha value is -3.61. The summed E-state index contributed by atoms with van der Waals surface area (Å²) in [6.07, 6.45) is 0.894. The number of nitrogens with zero attached hydrogens (tertiary/aromatic N) is 3. The van der Waals surface area contributed by atoms with E-state index in [2.05, 4.69) is 19.2 Å². The van der Waals surface area contributed by atoms with Crippen LogP contribution in [0.4, 0.5) is 5.82 Å². The predicted molar refractivity (Wildman–Crippen MR) is 123 cm³/mol. The second-order valence-electron chi connectivity index (χ2n) is 8.02. The first-order chi connectivity index (χ1) is 15.0. The lowest BCUT2D eigenvalue weighted by Crippen LogP contribution is -2.26. The fraction of sp³-hybridized carbons (Fsp3) is 0.292. The van der Waals surface area contributed by atoms with Crippen LogP contribution in [0.2, 0.25) is 0 Å². The van der Waals surface area contributed by atoms with Crippen LogP contribution in [0.15, 0.2) is 48.5 Å². The summed E-state index contributed by atoms with van der Waals surface area (Å²) < 4.78 is 7.10. The standard InChI is InChI=1S/C24H27N5O2/c1-15(2)12-13-26-24(30)20-21-23(28-19-7-5-4-6-18(19)27-21)29(22(20)25)14-16-8-10-17(31-3)11-9-16/h4-11,15H,12-14,25H2,1-3H3,(H,26,30). The van der Waals surface area contributed by atoms with Gasteiger partial charge in [0, 0.05) is 6.54 Å². The van der Waals surface area contributed by atoms with Crippen LogP contribution in [-0.4, -0.2) is 34.1 Å². The van der Waals surface area contributed by atoms with Crippen molar-refractivity contribution in [3.63, 3.8) is 0 Å². The fourth-order valence-corrected chi connectivity index (χ4v) is 3.58. The van der Waals surface area contributed by atoms with Gasteiger partial charge in [-0.3, -0.25) is 4.79 Å². The number of amides is 1. The van der Waals surface area contributed by atoms with Crippen LogP contribution in [0.3, 0.4) is 0 Å². The molecule has 0 aliphatic rings. The molecule has 2 heterocycles. The smallest absolute Gasteiger partial charge is 0.257 e. The molecule has 0 fully saturated rings. The van der Waals surface area contributed by atoms with Gasteiger partial charge < -0.3 is 20.4 Å². The molecule has 7 nitrogen and oxygen atoms in total. The lowest BCUT2D eigenvalue weighted by Gasteiger charge is -2.09. The topological polar surface area (TPSA) is 95.1 Å². The second kappa shape index (κ2) is 8.63. The Labute approximate surface area is 181 Å². The summed E-state index contributed by atoms with van der Waals surface area (Å²) in [6.45, 7) is 5.30. The van der Waals surface area contributed by atoms with Crippen molar-refractivity contribution in [2.45, 2.75) is 26.8 Å². The number of carbonyl (C=O) groups is 1. The molecule has 0 unspecified atom stereocenters. The van der Waals surface area contributed by atoms with E-state index in [1.54, 1.807) is 7.11 Å². The van der Waals surface area contributed by atoms with Crippen LogP contribution in [0.25, 0.3) is 22.2 Å². The SMILES string of the molecule is COc1ccc(Cn2c(N)c(C(=O)NCCC(C)C)c3nc4ccccc4nc32)cc1. The highest BCUT2D eigenvalue weighted by molar-refractivity contribution is 6.10. The van der Waals surface area contributed by atoms with Gasteiger partial charge in [-0.05, 0) is 42.2 Å². The quantitative estimate of drug-likeness (QED) is 0.474. The molecule has 31 heavy (non-hydrogen) atoms. The summed E-state index contributed by atoms with van der Waals surface area (Å²) in [5.41, 5.74) is 10.5. The van der Waals surface area contributed by atoms with Crippen LogP contribution < -0.4 is 15.8 Å². The highest BCUT2D eigenvalue weighted by atomic mass is 16.5. The molecule has 7 heteroatoms. The molecule has 0 aliphatic carbocycles. The Morgan fingerprint density at radius 1 is 1.10 bits per heavy atom. The van der Waals surface area contributed by atoms with Gasteiger partial charge in [0.25, 0.3) is 5.91 Å². The Morgan fingerprint density at radius 3 is 2.42 bits per heavy atom. The van der Waals surface area contributed by atoms with Gasteiger partial charge in [-0.1, -0.05) is 38.1 Å². The number of rotatable bonds is 7. The van der Waals surface area contributed by atoms with E-state index >= 15 is 0 Å². The Bertz CT molecular complexity index is 1230. The van der Waals surface area contributed by atoms with Crippen LogP contribution in [0.5, 0.6) is 5.75 Å². The van der Waals surface area contributed by atoms with Gasteiger partial charge in [-0.25, -0.2) is 9.97 Å². The third kappa shape index (κ3) is 4.17. The minimum atomic E-state index is -0.221. The number of anilines is 1. The van der Waals surface area contributed by atoms with Gasteiger partial charge in [-0.15, -0.1) is 0 Å². The van der Waals surface area contributed by atoms with Gasteiger partial charge in [0.1, 0.15) is 22.6 Å². The van der Waals surface area contributed by atoms with E-state index in [1.807, 2.05) is 53.1 Å². The molecule has 0 radical (unpaired) electrons. The minimum absolute atomic E-state index is 0.221. The van der Waals surface area contributed by atoms with Crippen LogP contribution in [0.1, 0.15) is 36.2 Å². The van der Waals surface area contributed by atoms with Crippen molar-refractivity contribution in [2.24, 2.45) is 5.92 Å². The number of hydrogen-bond donors (Lipinski definition) is 2. The number of aromatic nitrogens is 3. The Kier molecular flexibility index (Phi) is 5.75. The Balaban J connectivity index is 1.80. The Morgan fingerprint density at radius 2 is 1.77 bits per heavy atom. The monoisotopic (exact) mass is 417 g/mol. The van der Waals surface area contributed by atoms with E-state index < -0.39 is 0 Å². The molecule has 2 aromatic heterocycles. The van der Waals surface area contributed by atoms with E-state index in [0.29, 0.717) is 41.6 Å². The van der Waals surface area contributed by atoms with E-state index in [9.17, 15) is 4.79 Å². The molecule has 0 saturated heterocycles. The molecule has 0 aliphatic heterocycles. The minimum Gasteiger partial charge on any atom is -0.497 e. The van der Waals surface area contributed by atoms with Crippen LogP contribution in [-0.2, 0) is 6.54 Å². The van der Waals surface area contributed by atoms with Crippen molar-refractivity contribution >= 4 is 33.9 Å². The second-order valence-corrected chi connectivity index (χ2v) is 8.02. The molecule has 0 bridgehead atoms. The van der Waals surface area contributed by atoms with Crippen molar-refractivity contribution in [3.05, 3.63) is 59.7 Å². The van der Waals surface area contributed by atoms with Crippen molar-refractivity contribution in [1.82, 2.24) is 19.9 Å². The zero-order valence-electron chi connectivity index (χ0n) is 18.1. The maximum atomic E-state index is 13.1. The highest BCUT2D eigenvalue weighted by Gasteiger charge is 2.24. The third-order valence-electron chi connectivity index (χ3n) is 5.33. The number of methoxy groups -OCH3 is 1. The number of ether oxygens (including phenoxy) is 1. The van der Waals surface area contributed by atoms with Gasteiger partial charge in [0.05, 0.1) is 24.7 Å². The zero-order valence-corrected chi connectivity index (χ0v) is 18.1. The largest absolute Gasteiger partial charge is 0.497 e. The third-order valence-corrected chi connectivity index (χ3v) is 5.33. The summed E-state index contributed by atoms with van der Waals surface area (Å²) in [5.74, 6) is 1.42. The van der Waals surface area contributed by atoms with Crippen LogP contribution >= 0.6 is 0 Å². The molecule has 0 spiro atoms. The van der Waals surface area contributed by atoms with Crippen LogP contribution in [0, 0.1) is 5.92 Å². The molecular formula is C24H27N5O2. The number of carbonyl (C=O) groups excluding carboxylic acids is 1. The molecule has 0 atom stereocenters. The lowest BCUT2D eigenvalue weighted by atomic mass is 10.1. The number of nitrogens with two attached hydrogens (primary N) is 1. The number of fused-ring (bicyclic) bond motifs is 2. The fourth-order valence-electron chi connectivity index (χ4n) is 3.58. The predicted octanol–water partition coefficient (Wildman–Crippen LogP) is 4.00. The number of nitrogen functional groups attached to an aromatic ring is 1. The summed E-state index contributed by atoms with van der Waals surface area (Å²) in [5, 5.41) is 2.99. The van der Waals surface area contributed by atoms with Crippen molar-refractivity contribution < 1.29 is 9.53 Å². The van der Waals surface area contributed by atoms with E-state index in [0.717, 1.165) is 28.8 Å². The molecule has 0 saturated carbocycles.